The minimum absolute atomic E-state index is 0.0901. The van der Waals surface area contributed by atoms with E-state index in [0.717, 1.165) is 19.5 Å². The fourth-order valence-corrected chi connectivity index (χ4v) is 2.85. The Balaban J connectivity index is 1.70. The number of ketones is 1. The Labute approximate surface area is 102 Å². The average molecular weight is 227 g/mol. The van der Waals surface area contributed by atoms with Crippen molar-refractivity contribution in [2.24, 2.45) is 11.3 Å². The number of fused-ring (bicyclic) bond motifs is 1. The number of benzene rings is 1. The monoisotopic (exact) mass is 227 g/mol. The largest absolute Gasteiger partial charge is 0.373 e. The lowest BCUT2D eigenvalue weighted by Gasteiger charge is -2.26. The van der Waals surface area contributed by atoms with E-state index in [1.807, 2.05) is 6.07 Å². The molecule has 17 heavy (non-hydrogen) atoms. The molecule has 88 valence electrons. The molecule has 1 fully saturated rings. The third kappa shape index (κ3) is 1.78. The van der Waals surface area contributed by atoms with Crippen molar-refractivity contribution in [1.29, 1.82) is 0 Å². The Morgan fingerprint density at radius 1 is 1.41 bits per heavy atom. The summed E-state index contributed by atoms with van der Waals surface area (Å²) in [5, 5.41) is 0. The molecule has 2 heteroatoms. The van der Waals surface area contributed by atoms with Crippen molar-refractivity contribution in [3.8, 4) is 0 Å². The van der Waals surface area contributed by atoms with E-state index in [9.17, 15) is 4.79 Å². The standard InChI is InChI=1S/C15H17NO/c1-12(17)15-7-8-16(11-14(15)9-15)10-13-5-3-2-4-6-13/h2-8,14H,9-11H2,1H3/t14-,15-/m0/s1. The lowest BCUT2D eigenvalue weighted by molar-refractivity contribution is -0.121. The molecule has 1 aliphatic heterocycles. The fourth-order valence-electron chi connectivity index (χ4n) is 2.85. The highest BCUT2D eigenvalue weighted by Gasteiger charge is 2.57. The van der Waals surface area contributed by atoms with Crippen molar-refractivity contribution in [1.82, 2.24) is 4.90 Å². The molecule has 0 N–H and O–H groups in total. The Hall–Kier alpha value is -1.57. The second-order valence-electron chi connectivity index (χ2n) is 5.23. The predicted octanol–water partition coefficient (Wildman–Crippen LogP) is 2.61. The van der Waals surface area contributed by atoms with Crippen LogP contribution in [0.25, 0.3) is 0 Å². The van der Waals surface area contributed by atoms with E-state index in [2.05, 4.69) is 41.4 Å². The lowest BCUT2D eigenvalue weighted by Crippen LogP contribution is -2.28. The van der Waals surface area contributed by atoms with Gasteiger partial charge in [0.05, 0.1) is 5.41 Å². The zero-order valence-corrected chi connectivity index (χ0v) is 10.1. The molecule has 0 bridgehead atoms. The summed E-state index contributed by atoms with van der Waals surface area (Å²) in [5.41, 5.74) is 1.24. The van der Waals surface area contributed by atoms with Crippen LogP contribution in [0.15, 0.2) is 42.6 Å². The van der Waals surface area contributed by atoms with Gasteiger partial charge < -0.3 is 4.90 Å². The molecule has 0 amide bonds. The molecule has 1 aromatic carbocycles. The Morgan fingerprint density at radius 2 is 2.18 bits per heavy atom. The Kier molecular flexibility index (Phi) is 2.32. The van der Waals surface area contributed by atoms with Crippen molar-refractivity contribution in [2.75, 3.05) is 6.54 Å². The summed E-state index contributed by atoms with van der Waals surface area (Å²) < 4.78 is 0. The van der Waals surface area contributed by atoms with Crippen LogP contribution in [0.1, 0.15) is 18.9 Å². The molecule has 2 atom stereocenters. The van der Waals surface area contributed by atoms with Gasteiger partial charge in [0, 0.05) is 13.1 Å². The molecule has 1 aromatic rings. The van der Waals surface area contributed by atoms with E-state index in [4.69, 9.17) is 0 Å². The molecular formula is C15H17NO. The van der Waals surface area contributed by atoms with Crippen molar-refractivity contribution in [2.45, 2.75) is 19.9 Å². The number of hydrogen-bond acceptors (Lipinski definition) is 2. The van der Waals surface area contributed by atoms with E-state index >= 15 is 0 Å². The van der Waals surface area contributed by atoms with Crippen LogP contribution in [0, 0.1) is 11.3 Å². The number of carbonyl (C=O) groups is 1. The van der Waals surface area contributed by atoms with Crippen LogP contribution >= 0.6 is 0 Å². The molecule has 0 unspecified atom stereocenters. The summed E-state index contributed by atoms with van der Waals surface area (Å²) in [6.45, 7) is 3.68. The summed E-state index contributed by atoms with van der Waals surface area (Å²) in [4.78, 5) is 13.9. The average Bonchev–Trinajstić information content (AvgIpc) is 3.05. The summed E-state index contributed by atoms with van der Waals surface area (Å²) in [6.07, 6.45) is 5.27. The summed E-state index contributed by atoms with van der Waals surface area (Å²) in [5.74, 6) is 0.881. The van der Waals surface area contributed by atoms with Gasteiger partial charge in [-0.2, -0.15) is 0 Å². The van der Waals surface area contributed by atoms with Gasteiger partial charge in [-0.05, 0) is 31.0 Å². The van der Waals surface area contributed by atoms with Crippen LogP contribution in [0.2, 0.25) is 0 Å². The zero-order valence-electron chi connectivity index (χ0n) is 10.1. The highest BCUT2D eigenvalue weighted by atomic mass is 16.1. The highest BCUT2D eigenvalue weighted by molar-refractivity contribution is 5.88. The number of allylic oxidation sites excluding steroid dienone is 1. The van der Waals surface area contributed by atoms with Gasteiger partial charge in [0.2, 0.25) is 0 Å². The molecule has 0 spiro atoms. The number of rotatable bonds is 3. The normalized spacial score (nSPS) is 29.9. The van der Waals surface area contributed by atoms with Gasteiger partial charge in [0.15, 0.2) is 0 Å². The maximum atomic E-state index is 11.6. The first-order valence-corrected chi connectivity index (χ1v) is 6.19. The summed E-state index contributed by atoms with van der Waals surface area (Å²) >= 11 is 0. The minimum Gasteiger partial charge on any atom is -0.373 e. The van der Waals surface area contributed by atoms with Crippen molar-refractivity contribution < 1.29 is 4.79 Å². The zero-order chi connectivity index (χ0) is 11.9. The van der Waals surface area contributed by atoms with Gasteiger partial charge in [0.1, 0.15) is 5.78 Å². The SMILES string of the molecule is CC(=O)[C@@]12C=CN(Cc3ccccc3)C[C@@H]1C2. The van der Waals surface area contributed by atoms with Gasteiger partial charge in [-0.1, -0.05) is 36.4 Å². The first-order chi connectivity index (χ1) is 8.21. The number of nitrogens with zero attached hydrogens (tertiary/aromatic N) is 1. The maximum absolute atomic E-state index is 11.6. The molecule has 2 aliphatic rings. The van der Waals surface area contributed by atoms with Crippen molar-refractivity contribution >= 4 is 5.78 Å². The Morgan fingerprint density at radius 3 is 2.82 bits per heavy atom. The van der Waals surface area contributed by atoms with Gasteiger partial charge in [0.25, 0.3) is 0 Å². The van der Waals surface area contributed by atoms with Crippen LogP contribution in [-0.2, 0) is 11.3 Å². The molecule has 3 rings (SSSR count). The molecule has 1 saturated carbocycles. The second-order valence-corrected chi connectivity index (χ2v) is 5.23. The molecule has 1 aliphatic carbocycles. The minimum atomic E-state index is -0.0901. The van der Waals surface area contributed by atoms with Crippen molar-refractivity contribution in [3.05, 3.63) is 48.2 Å². The van der Waals surface area contributed by atoms with Crippen LogP contribution in [0.4, 0.5) is 0 Å². The van der Waals surface area contributed by atoms with E-state index < -0.39 is 0 Å². The number of carbonyl (C=O) groups excluding carboxylic acids is 1. The molecule has 0 aromatic heterocycles. The van der Waals surface area contributed by atoms with Crippen molar-refractivity contribution in [3.63, 3.8) is 0 Å². The highest BCUT2D eigenvalue weighted by Crippen LogP contribution is 2.56. The van der Waals surface area contributed by atoms with Crippen LogP contribution in [0.5, 0.6) is 0 Å². The smallest absolute Gasteiger partial charge is 0.140 e. The van der Waals surface area contributed by atoms with Crippen LogP contribution in [-0.4, -0.2) is 17.2 Å². The maximum Gasteiger partial charge on any atom is 0.140 e. The van der Waals surface area contributed by atoms with Gasteiger partial charge >= 0.3 is 0 Å². The molecule has 1 heterocycles. The van der Waals surface area contributed by atoms with Crippen LogP contribution in [0.3, 0.4) is 0 Å². The third-order valence-corrected chi connectivity index (χ3v) is 4.07. The molecule has 0 saturated heterocycles. The van der Waals surface area contributed by atoms with E-state index in [1.165, 1.54) is 5.56 Å². The van der Waals surface area contributed by atoms with E-state index in [-0.39, 0.29) is 5.41 Å². The second kappa shape index (κ2) is 3.73. The number of hydrogen-bond donors (Lipinski definition) is 0. The third-order valence-electron chi connectivity index (χ3n) is 4.07. The summed E-state index contributed by atoms with van der Waals surface area (Å²) in [6, 6.07) is 10.5. The molecule has 0 radical (unpaired) electrons. The first-order valence-electron chi connectivity index (χ1n) is 6.19. The quantitative estimate of drug-likeness (QED) is 0.791. The predicted molar refractivity (Wildman–Crippen MR) is 67.2 cm³/mol. The van der Waals surface area contributed by atoms with E-state index in [0.29, 0.717) is 11.7 Å². The van der Waals surface area contributed by atoms with E-state index in [1.54, 1.807) is 6.92 Å². The topological polar surface area (TPSA) is 20.3 Å². The molecule has 2 nitrogen and oxygen atoms in total. The van der Waals surface area contributed by atoms with Gasteiger partial charge in [-0.3, -0.25) is 4.79 Å². The molecular weight excluding hydrogens is 210 g/mol. The summed E-state index contributed by atoms with van der Waals surface area (Å²) in [7, 11) is 0. The first kappa shape index (κ1) is 10.6. The van der Waals surface area contributed by atoms with Gasteiger partial charge in [-0.15, -0.1) is 0 Å². The number of Topliss-reactive ketones (excluding diaryl/α,β-unsaturated/α-hetero) is 1. The lowest BCUT2D eigenvalue weighted by atomic mass is 9.96. The van der Waals surface area contributed by atoms with Crippen LogP contribution < -0.4 is 0 Å². The van der Waals surface area contributed by atoms with Gasteiger partial charge in [-0.25, -0.2) is 0 Å². The fraction of sp³-hybridized carbons (Fsp3) is 0.400. The Bertz CT molecular complexity index is 465.